The van der Waals surface area contributed by atoms with Gasteiger partial charge in [0.05, 0.1) is 24.3 Å². The van der Waals surface area contributed by atoms with E-state index in [1.165, 1.54) is 36.0 Å². The molecule has 0 unspecified atom stereocenters. The van der Waals surface area contributed by atoms with E-state index in [0.29, 0.717) is 23.0 Å². The molecule has 0 radical (unpaired) electrons. The molecule has 0 saturated heterocycles. The molecule has 1 atom stereocenters. The Kier molecular flexibility index (Phi) is 6.15. The Morgan fingerprint density at radius 3 is 2.71 bits per heavy atom. The number of rotatable bonds is 7. The lowest BCUT2D eigenvalue weighted by Gasteiger charge is -2.18. The second-order valence-electron chi connectivity index (χ2n) is 6.63. The molecule has 3 aromatic rings. The SMILES string of the molecule is CC(C)C[C@H](NC(=O)c1cnc[nH]1)c1nc(C(=O)Nc2ccccc2F)cs1. The first kappa shape index (κ1) is 19.7. The van der Waals surface area contributed by atoms with Crippen LogP contribution in [0.3, 0.4) is 0 Å². The van der Waals surface area contributed by atoms with Gasteiger partial charge in [0, 0.05) is 5.38 Å². The van der Waals surface area contributed by atoms with Gasteiger partial charge >= 0.3 is 0 Å². The Morgan fingerprint density at radius 2 is 2.04 bits per heavy atom. The predicted octanol–water partition coefficient (Wildman–Crippen LogP) is 3.77. The monoisotopic (exact) mass is 401 g/mol. The number of anilines is 1. The fraction of sp³-hybridized carbons (Fsp3) is 0.263. The van der Waals surface area contributed by atoms with Crippen LogP contribution in [0.2, 0.25) is 0 Å². The number of nitrogens with zero attached hydrogens (tertiary/aromatic N) is 2. The number of H-pyrrole nitrogens is 1. The predicted molar refractivity (Wildman–Crippen MR) is 105 cm³/mol. The summed E-state index contributed by atoms with van der Waals surface area (Å²) >= 11 is 1.28. The summed E-state index contributed by atoms with van der Waals surface area (Å²) in [6.45, 7) is 4.07. The summed E-state index contributed by atoms with van der Waals surface area (Å²) in [5.74, 6) is -1.02. The molecule has 0 aliphatic heterocycles. The van der Waals surface area contributed by atoms with E-state index in [1.54, 1.807) is 17.5 Å². The number of carbonyl (C=O) groups excluding carboxylic acids is 2. The molecule has 0 fully saturated rings. The molecule has 1 aromatic carbocycles. The van der Waals surface area contributed by atoms with E-state index in [9.17, 15) is 14.0 Å². The molecule has 0 aliphatic rings. The molecule has 0 spiro atoms. The second-order valence-corrected chi connectivity index (χ2v) is 7.52. The van der Waals surface area contributed by atoms with Crippen molar-refractivity contribution in [1.82, 2.24) is 20.3 Å². The summed E-state index contributed by atoms with van der Waals surface area (Å²) in [5, 5.41) is 7.65. The minimum absolute atomic E-state index is 0.0910. The van der Waals surface area contributed by atoms with Gasteiger partial charge in [-0.25, -0.2) is 14.4 Å². The molecule has 3 rings (SSSR count). The molecule has 3 N–H and O–H groups in total. The van der Waals surface area contributed by atoms with E-state index in [1.807, 2.05) is 13.8 Å². The van der Waals surface area contributed by atoms with Crippen LogP contribution in [0.15, 0.2) is 42.2 Å². The second kappa shape index (κ2) is 8.75. The average molecular weight is 401 g/mol. The van der Waals surface area contributed by atoms with Crippen LogP contribution in [-0.2, 0) is 0 Å². The molecule has 2 amide bonds. The van der Waals surface area contributed by atoms with Gasteiger partial charge in [0.1, 0.15) is 22.2 Å². The third-order valence-corrected chi connectivity index (χ3v) is 4.89. The highest BCUT2D eigenvalue weighted by Gasteiger charge is 2.22. The van der Waals surface area contributed by atoms with Crippen LogP contribution in [0.4, 0.5) is 10.1 Å². The molecular formula is C19H20FN5O2S. The molecule has 7 nitrogen and oxygen atoms in total. The third kappa shape index (κ3) is 4.80. The van der Waals surface area contributed by atoms with Crippen LogP contribution in [0.25, 0.3) is 0 Å². The molecule has 9 heteroatoms. The molecular weight excluding hydrogens is 381 g/mol. The van der Waals surface area contributed by atoms with Crippen LogP contribution in [-0.4, -0.2) is 26.8 Å². The largest absolute Gasteiger partial charge is 0.341 e. The summed E-state index contributed by atoms with van der Waals surface area (Å²) in [5.41, 5.74) is 0.615. The van der Waals surface area contributed by atoms with Crippen molar-refractivity contribution in [3.8, 4) is 0 Å². The number of imidazole rings is 1. The van der Waals surface area contributed by atoms with E-state index in [4.69, 9.17) is 0 Å². The van der Waals surface area contributed by atoms with Crippen molar-refractivity contribution in [2.75, 3.05) is 5.32 Å². The number of carbonyl (C=O) groups is 2. The van der Waals surface area contributed by atoms with Crippen molar-refractivity contribution in [1.29, 1.82) is 0 Å². The molecule has 0 bridgehead atoms. The molecule has 0 saturated carbocycles. The van der Waals surface area contributed by atoms with Crippen molar-refractivity contribution in [2.45, 2.75) is 26.3 Å². The smallest absolute Gasteiger partial charge is 0.275 e. The van der Waals surface area contributed by atoms with Crippen molar-refractivity contribution in [2.24, 2.45) is 5.92 Å². The fourth-order valence-electron chi connectivity index (χ4n) is 2.61. The highest BCUT2D eigenvalue weighted by Crippen LogP contribution is 2.25. The highest BCUT2D eigenvalue weighted by molar-refractivity contribution is 7.10. The third-order valence-electron chi connectivity index (χ3n) is 3.93. The molecule has 28 heavy (non-hydrogen) atoms. The maximum atomic E-state index is 13.7. The number of aromatic nitrogens is 3. The van der Waals surface area contributed by atoms with E-state index < -0.39 is 11.7 Å². The van der Waals surface area contributed by atoms with Gasteiger partial charge in [-0.2, -0.15) is 0 Å². The Hall–Kier alpha value is -3.07. The van der Waals surface area contributed by atoms with Crippen LogP contribution < -0.4 is 10.6 Å². The van der Waals surface area contributed by atoms with Crippen LogP contribution in [0, 0.1) is 11.7 Å². The lowest BCUT2D eigenvalue weighted by atomic mass is 10.0. The standard InChI is InChI=1S/C19H20FN5O2S/c1-11(2)7-14(24-17(26)15-8-21-10-22-15)19-25-16(9-28-19)18(27)23-13-6-4-3-5-12(13)20/h3-6,8-11,14H,7H2,1-2H3,(H,21,22)(H,23,27)(H,24,26)/t14-/m0/s1. The lowest BCUT2D eigenvalue weighted by molar-refractivity contribution is 0.0927. The van der Waals surface area contributed by atoms with Gasteiger partial charge in [-0.15, -0.1) is 11.3 Å². The lowest BCUT2D eigenvalue weighted by Crippen LogP contribution is -2.30. The van der Waals surface area contributed by atoms with Gasteiger partial charge in [-0.3, -0.25) is 9.59 Å². The first-order valence-electron chi connectivity index (χ1n) is 8.74. The van der Waals surface area contributed by atoms with Gasteiger partial charge in [-0.1, -0.05) is 26.0 Å². The van der Waals surface area contributed by atoms with E-state index in [0.717, 1.165) is 0 Å². The summed E-state index contributed by atoms with van der Waals surface area (Å²) < 4.78 is 13.7. The van der Waals surface area contributed by atoms with Gasteiger partial charge in [-0.05, 0) is 24.5 Å². The molecule has 0 aliphatic carbocycles. The van der Waals surface area contributed by atoms with Crippen LogP contribution in [0.1, 0.15) is 52.3 Å². The fourth-order valence-corrected chi connectivity index (χ4v) is 3.47. The highest BCUT2D eigenvalue weighted by atomic mass is 32.1. The molecule has 2 aromatic heterocycles. The molecule has 146 valence electrons. The number of aromatic amines is 1. The number of amides is 2. The Bertz CT molecular complexity index is 955. The zero-order valence-corrected chi connectivity index (χ0v) is 16.2. The Balaban J connectivity index is 1.75. The quantitative estimate of drug-likeness (QED) is 0.561. The van der Waals surface area contributed by atoms with E-state index in [2.05, 4.69) is 25.6 Å². The summed E-state index contributed by atoms with van der Waals surface area (Å²) in [7, 11) is 0. The maximum Gasteiger partial charge on any atom is 0.275 e. The zero-order valence-electron chi connectivity index (χ0n) is 15.4. The average Bonchev–Trinajstić information content (AvgIpc) is 3.35. The van der Waals surface area contributed by atoms with Crippen LogP contribution in [0.5, 0.6) is 0 Å². The minimum atomic E-state index is -0.518. The van der Waals surface area contributed by atoms with Crippen molar-refractivity contribution >= 4 is 28.8 Å². The van der Waals surface area contributed by atoms with E-state index >= 15 is 0 Å². The zero-order chi connectivity index (χ0) is 20.1. The molecule has 2 heterocycles. The summed E-state index contributed by atoms with van der Waals surface area (Å²) in [6.07, 6.45) is 3.53. The van der Waals surface area contributed by atoms with Gasteiger partial charge in [0.15, 0.2) is 0 Å². The number of halogens is 1. The maximum absolute atomic E-state index is 13.7. The Labute approximate surface area is 165 Å². The first-order chi connectivity index (χ1) is 13.4. The van der Waals surface area contributed by atoms with Gasteiger partial charge < -0.3 is 15.6 Å². The first-order valence-corrected chi connectivity index (χ1v) is 9.62. The van der Waals surface area contributed by atoms with Gasteiger partial charge in [0.2, 0.25) is 0 Å². The summed E-state index contributed by atoms with van der Waals surface area (Å²) in [6, 6.07) is 5.58. The number of para-hydroxylation sites is 1. The van der Waals surface area contributed by atoms with Gasteiger partial charge in [0.25, 0.3) is 11.8 Å². The normalized spacial score (nSPS) is 12.0. The Morgan fingerprint density at radius 1 is 1.25 bits per heavy atom. The van der Waals surface area contributed by atoms with Crippen molar-refractivity contribution in [3.63, 3.8) is 0 Å². The topological polar surface area (TPSA) is 99.8 Å². The van der Waals surface area contributed by atoms with Crippen molar-refractivity contribution in [3.05, 3.63) is 64.4 Å². The number of thiazole rings is 1. The minimum Gasteiger partial charge on any atom is -0.341 e. The number of hydrogen-bond acceptors (Lipinski definition) is 5. The van der Waals surface area contributed by atoms with Crippen LogP contribution >= 0.6 is 11.3 Å². The van der Waals surface area contributed by atoms with Crippen molar-refractivity contribution < 1.29 is 14.0 Å². The number of hydrogen-bond donors (Lipinski definition) is 3. The number of nitrogens with one attached hydrogen (secondary N) is 3. The van der Waals surface area contributed by atoms with E-state index in [-0.39, 0.29) is 23.3 Å². The number of benzene rings is 1. The summed E-state index contributed by atoms with van der Waals surface area (Å²) in [4.78, 5) is 35.7.